The molecule has 1 unspecified atom stereocenters. The standard InChI is InChI=1S/C19H20ClN3O3/c1-3-9-23-16-11-15(7-8-17(16)26-12(2)18(23)24)22-19(25)21-14-6-4-5-13(20)10-14/h4-8,10-12H,3,9H2,1-2H3,(H2,21,22,25). The van der Waals surface area contributed by atoms with Crippen LogP contribution in [-0.2, 0) is 4.79 Å². The molecule has 0 bridgehead atoms. The van der Waals surface area contributed by atoms with Gasteiger partial charge in [0.15, 0.2) is 6.10 Å². The molecule has 0 saturated heterocycles. The van der Waals surface area contributed by atoms with Gasteiger partial charge >= 0.3 is 6.03 Å². The average Bonchev–Trinajstić information content (AvgIpc) is 2.59. The minimum absolute atomic E-state index is 0.0834. The van der Waals surface area contributed by atoms with Crippen LogP contribution in [0.5, 0.6) is 5.75 Å². The van der Waals surface area contributed by atoms with E-state index in [4.69, 9.17) is 16.3 Å². The second-order valence-corrected chi connectivity index (χ2v) is 6.46. The largest absolute Gasteiger partial charge is 0.479 e. The van der Waals surface area contributed by atoms with Crippen LogP contribution < -0.4 is 20.3 Å². The minimum atomic E-state index is -0.515. The lowest BCUT2D eigenvalue weighted by Crippen LogP contribution is -2.44. The van der Waals surface area contributed by atoms with Gasteiger partial charge in [-0.3, -0.25) is 4.79 Å². The average molecular weight is 374 g/mol. The molecule has 0 fully saturated rings. The normalized spacial score (nSPS) is 15.9. The van der Waals surface area contributed by atoms with Crippen LogP contribution in [-0.4, -0.2) is 24.6 Å². The van der Waals surface area contributed by atoms with Crippen LogP contribution in [0.15, 0.2) is 42.5 Å². The molecule has 136 valence electrons. The number of anilines is 3. The van der Waals surface area contributed by atoms with Crippen molar-refractivity contribution in [3.8, 4) is 5.75 Å². The first-order valence-corrected chi connectivity index (χ1v) is 8.81. The van der Waals surface area contributed by atoms with Gasteiger partial charge in [-0.1, -0.05) is 24.6 Å². The Morgan fingerprint density at radius 2 is 1.92 bits per heavy atom. The number of benzene rings is 2. The number of halogens is 1. The van der Waals surface area contributed by atoms with E-state index in [1.165, 1.54) is 0 Å². The summed E-state index contributed by atoms with van der Waals surface area (Å²) in [7, 11) is 0. The molecule has 0 saturated carbocycles. The number of nitrogens with one attached hydrogen (secondary N) is 2. The number of fused-ring (bicyclic) bond motifs is 1. The smallest absolute Gasteiger partial charge is 0.323 e. The van der Waals surface area contributed by atoms with E-state index in [0.29, 0.717) is 34.4 Å². The third-order valence-electron chi connectivity index (χ3n) is 3.95. The van der Waals surface area contributed by atoms with E-state index in [2.05, 4.69) is 10.6 Å². The van der Waals surface area contributed by atoms with Crippen LogP contribution in [0.3, 0.4) is 0 Å². The molecule has 1 heterocycles. The van der Waals surface area contributed by atoms with Gasteiger partial charge in [-0.2, -0.15) is 0 Å². The van der Waals surface area contributed by atoms with Crippen molar-refractivity contribution >= 4 is 40.6 Å². The van der Waals surface area contributed by atoms with Crippen molar-refractivity contribution in [3.05, 3.63) is 47.5 Å². The maximum atomic E-state index is 12.4. The molecule has 0 aromatic heterocycles. The highest BCUT2D eigenvalue weighted by Gasteiger charge is 2.31. The van der Waals surface area contributed by atoms with Crippen LogP contribution >= 0.6 is 11.6 Å². The SMILES string of the molecule is CCCN1C(=O)C(C)Oc2ccc(NC(=O)Nc3cccc(Cl)c3)cc21. The molecule has 2 aromatic carbocycles. The maximum Gasteiger partial charge on any atom is 0.323 e. The predicted octanol–water partition coefficient (Wildman–Crippen LogP) is 4.51. The van der Waals surface area contributed by atoms with Gasteiger partial charge in [0.2, 0.25) is 0 Å². The Morgan fingerprint density at radius 3 is 2.62 bits per heavy atom. The summed E-state index contributed by atoms with van der Waals surface area (Å²) < 4.78 is 5.66. The topological polar surface area (TPSA) is 70.7 Å². The Kier molecular flexibility index (Phi) is 5.32. The number of carbonyl (C=O) groups is 2. The van der Waals surface area contributed by atoms with Crippen molar-refractivity contribution in [3.63, 3.8) is 0 Å². The van der Waals surface area contributed by atoms with Crippen LogP contribution in [0.25, 0.3) is 0 Å². The second-order valence-electron chi connectivity index (χ2n) is 6.02. The summed E-state index contributed by atoms with van der Waals surface area (Å²) in [5, 5.41) is 6.02. The fourth-order valence-corrected chi connectivity index (χ4v) is 2.99. The number of urea groups is 1. The Balaban J connectivity index is 1.77. The minimum Gasteiger partial charge on any atom is -0.479 e. The summed E-state index contributed by atoms with van der Waals surface area (Å²) in [6, 6.07) is 11.7. The van der Waals surface area contributed by atoms with Gasteiger partial charge in [-0.25, -0.2) is 4.79 Å². The first-order chi connectivity index (χ1) is 12.5. The van der Waals surface area contributed by atoms with E-state index < -0.39 is 12.1 Å². The van der Waals surface area contributed by atoms with Crippen LogP contribution in [0.1, 0.15) is 20.3 Å². The van der Waals surface area contributed by atoms with Crippen molar-refractivity contribution in [1.29, 1.82) is 0 Å². The van der Waals surface area contributed by atoms with Gasteiger partial charge in [0.05, 0.1) is 5.69 Å². The highest BCUT2D eigenvalue weighted by atomic mass is 35.5. The lowest BCUT2D eigenvalue weighted by atomic mass is 10.1. The van der Waals surface area contributed by atoms with Gasteiger partial charge in [-0.05, 0) is 49.7 Å². The Hall–Kier alpha value is -2.73. The maximum absolute atomic E-state index is 12.4. The van der Waals surface area contributed by atoms with Gasteiger partial charge in [-0.15, -0.1) is 0 Å². The first-order valence-electron chi connectivity index (χ1n) is 8.43. The molecule has 1 aliphatic heterocycles. The number of ether oxygens (including phenoxy) is 1. The van der Waals surface area contributed by atoms with Crippen molar-refractivity contribution in [2.45, 2.75) is 26.4 Å². The molecule has 0 radical (unpaired) electrons. The highest BCUT2D eigenvalue weighted by molar-refractivity contribution is 6.30. The van der Waals surface area contributed by atoms with Gasteiger partial charge in [0, 0.05) is 22.9 Å². The first kappa shape index (κ1) is 18.1. The molecule has 26 heavy (non-hydrogen) atoms. The quantitative estimate of drug-likeness (QED) is 0.828. The van der Waals surface area contributed by atoms with Crippen molar-refractivity contribution in [2.75, 3.05) is 22.1 Å². The number of hydrogen-bond acceptors (Lipinski definition) is 3. The molecule has 2 N–H and O–H groups in total. The number of amides is 3. The van der Waals surface area contributed by atoms with Gasteiger partial charge < -0.3 is 20.3 Å². The van der Waals surface area contributed by atoms with E-state index in [9.17, 15) is 9.59 Å². The highest BCUT2D eigenvalue weighted by Crippen LogP contribution is 2.36. The fourth-order valence-electron chi connectivity index (χ4n) is 2.80. The Bertz CT molecular complexity index is 841. The summed E-state index contributed by atoms with van der Waals surface area (Å²) in [6.07, 6.45) is 0.309. The van der Waals surface area contributed by atoms with Crippen LogP contribution in [0.2, 0.25) is 5.02 Å². The molecule has 6 nitrogen and oxygen atoms in total. The number of hydrogen-bond donors (Lipinski definition) is 2. The fraction of sp³-hybridized carbons (Fsp3) is 0.263. The molecule has 3 rings (SSSR count). The molecular formula is C19H20ClN3O3. The Morgan fingerprint density at radius 1 is 1.19 bits per heavy atom. The monoisotopic (exact) mass is 373 g/mol. The number of carbonyl (C=O) groups excluding carboxylic acids is 2. The second kappa shape index (κ2) is 7.66. The molecule has 7 heteroatoms. The lowest BCUT2D eigenvalue weighted by molar-refractivity contribution is -0.125. The molecule has 1 aliphatic rings. The number of nitrogens with zero attached hydrogens (tertiary/aromatic N) is 1. The van der Waals surface area contributed by atoms with E-state index in [1.54, 1.807) is 54.3 Å². The summed E-state index contributed by atoms with van der Waals surface area (Å²) in [4.78, 5) is 26.3. The summed E-state index contributed by atoms with van der Waals surface area (Å²) in [6.45, 7) is 4.34. The van der Waals surface area contributed by atoms with E-state index >= 15 is 0 Å². The zero-order chi connectivity index (χ0) is 18.7. The van der Waals surface area contributed by atoms with Crippen molar-refractivity contribution in [1.82, 2.24) is 0 Å². The molecular weight excluding hydrogens is 354 g/mol. The molecule has 0 aliphatic carbocycles. The van der Waals surface area contributed by atoms with Crippen LogP contribution in [0, 0.1) is 0 Å². The molecule has 1 atom stereocenters. The van der Waals surface area contributed by atoms with Crippen LogP contribution in [0.4, 0.5) is 21.9 Å². The van der Waals surface area contributed by atoms with Gasteiger partial charge in [0.25, 0.3) is 5.91 Å². The Labute approximate surface area is 157 Å². The van der Waals surface area contributed by atoms with Crippen molar-refractivity contribution in [2.24, 2.45) is 0 Å². The van der Waals surface area contributed by atoms with Gasteiger partial charge in [0.1, 0.15) is 5.75 Å². The van der Waals surface area contributed by atoms with Crippen molar-refractivity contribution < 1.29 is 14.3 Å². The lowest BCUT2D eigenvalue weighted by Gasteiger charge is -2.33. The van der Waals surface area contributed by atoms with E-state index in [1.807, 2.05) is 6.92 Å². The molecule has 2 aromatic rings. The molecule has 3 amide bonds. The molecule has 0 spiro atoms. The summed E-state index contributed by atoms with van der Waals surface area (Å²) >= 11 is 5.92. The van der Waals surface area contributed by atoms with E-state index in [-0.39, 0.29) is 5.91 Å². The number of rotatable bonds is 4. The van der Waals surface area contributed by atoms with E-state index in [0.717, 1.165) is 6.42 Å². The predicted molar refractivity (Wildman–Crippen MR) is 103 cm³/mol. The zero-order valence-corrected chi connectivity index (χ0v) is 15.3. The third-order valence-corrected chi connectivity index (χ3v) is 4.19. The third kappa shape index (κ3) is 3.91. The summed E-state index contributed by atoms with van der Waals surface area (Å²) in [5.41, 5.74) is 1.82. The summed E-state index contributed by atoms with van der Waals surface area (Å²) in [5.74, 6) is 0.547. The zero-order valence-electron chi connectivity index (χ0n) is 14.6.